The second kappa shape index (κ2) is 8.19. The maximum atomic E-state index is 12.8. The minimum Gasteiger partial charge on any atom is -0.460 e. The molecular weight excluding hydrogens is 414 g/mol. The van der Waals surface area contributed by atoms with Gasteiger partial charge in [-0.15, -0.1) is 0 Å². The van der Waals surface area contributed by atoms with E-state index in [9.17, 15) is 19.5 Å². The third-order valence-corrected chi connectivity index (χ3v) is 6.14. The minimum atomic E-state index is -1.11. The molecule has 0 bridgehead atoms. The number of rotatable bonds is 5. The topological polar surface area (TPSA) is 134 Å². The molecule has 1 aromatic carbocycles. The Kier molecular flexibility index (Phi) is 5.22. The van der Waals surface area contributed by atoms with Crippen molar-refractivity contribution in [3.8, 4) is 6.01 Å². The number of benzene rings is 1. The molecule has 10 nitrogen and oxygen atoms in total. The van der Waals surface area contributed by atoms with Gasteiger partial charge >= 0.3 is 6.01 Å². The third kappa shape index (κ3) is 3.89. The quantitative estimate of drug-likeness (QED) is 0.640. The lowest BCUT2D eigenvalue weighted by atomic mass is 9.96. The second-order valence-corrected chi connectivity index (χ2v) is 8.27. The van der Waals surface area contributed by atoms with Gasteiger partial charge in [-0.05, 0) is 55.5 Å². The van der Waals surface area contributed by atoms with Gasteiger partial charge in [0.2, 0.25) is 5.91 Å². The lowest BCUT2D eigenvalue weighted by molar-refractivity contribution is -0.129. The summed E-state index contributed by atoms with van der Waals surface area (Å²) in [5, 5.41) is 15.4. The van der Waals surface area contributed by atoms with Crippen LogP contribution in [-0.2, 0) is 11.3 Å². The Balaban J connectivity index is 1.28. The number of carbonyl (C=O) groups is 3. The number of amides is 3. The molecule has 2 atom stereocenters. The number of hydrogen-bond donors (Lipinski definition) is 3. The highest BCUT2D eigenvalue weighted by Gasteiger charge is 2.39. The van der Waals surface area contributed by atoms with Gasteiger partial charge in [-0.25, -0.2) is 4.98 Å². The first-order valence-electron chi connectivity index (χ1n) is 10.7. The van der Waals surface area contributed by atoms with Gasteiger partial charge in [0.05, 0.1) is 6.04 Å². The van der Waals surface area contributed by atoms with E-state index in [1.165, 1.54) is 6.20 Å². The minimum absolute atomic E-state index is 0.133. The lowest BCUT2D eigenvalue weighted by Crippen LogP contribution is -2.55. The number of piperidine rings is 1. The number of aromatic nitrogens is 2. The van der Waals surface area contributed by atoms with Crippen LogP contribution in [0.3, 0.4) is 0 Å². The highest BCUT2D eigenvalue weighted by Crippen LogP contribution is 2.29. The predicted octanol–water partition coefficient (Wildman–Crippen LogP) is 1.21. The number of nitrogens with one attached hydrogen (secondary N) is 2. The smallest absolute Gasteiger partial charge is 0.318 e. The van der Waals surface area contributed by atoms with Gasteiger partial charge in [0.25, 0.3) is 11.8 Å². The fourth-order valence-corrected chi connectivity index (χ4v) is 4.14. The van der Waals surface area contributed by atoms with Crippen LogP contribution in [0.15, 0.2) is 30.5 Å². The normalized spacial score (nSPS) is 22.7. The zero-order valence-corrected chi connectivity index (χ0v) is 17.3. The maximum absolute atomic E-state index is 12.8. The van der Waals surface area contributed by atoms with Gasteiger partial charge in [-0.3, -0.25) is 14.4 Å². The summed E-state index contributed by atoms with van der Waals surface area (Å²) in [4.78, 5) is 46.9. The summed E-state index contributed by atoms with van der Waals surface area (Å²) in [5.74, 6) is -0.487. The number of fused-ring (bicyclic) bond motifs is 1. The molecule has 2 aromatic rings. The summed E-state index contributed by atoms with van der Waals surface area (Å²) in [7, 11) is 0. The Morgan fingerprint density at radius 3 is 2.81 bits per heavy atom. The molecule has 3 N–H and O–H groups in total. The van der Waals surface area contributed by atoms with E-state index in [4.69, 9.17) is 4.74 Å². The van der Waals surface area contributed by atoms with E-state index in [0.29, 0.717) is 28.9 Å². The Bertz CT molecular complexity index is 1090. The summed E-state index contributed by atoms with van der Waals surface area (Å²) >= 11 is 0. The van der Waals surface area contributed by atoms with Gasteiger partial charge in [0.15, 0.2) is 0 Å². The molecule has 1 aliphatic carbocycles. The molecule has 3 heterocycles. The van der Waals surface area contributed by atoms with Gasteiger partial charge in [-0.1, -0.05) is 0 Å². The molecule has 0 radical (unpaired) electrons. The summed E-state index contributed by atoms with van der Waals surface area (Å²) < 4.78 is 5.67. The van der Waals surface area contributed by atoms with E-state index < -0.39 is 12.3 Å². The zero-order chi connectivity index (χ0) is 22.2. The molecule has 1 saturated heterocycles. The molecule has 32 heavy (non-hydrogen) atoms. The van der Waals surface area contributed by atoms with Crippen LogP contribution in [0.25, 0.3) is 0 Å². The molecule has 10 heteroatoms. The molecule has 5 rings (SSSR count). The van der Waals surface area contributed by atoms with E-state index in [1.807, 2.05) is 0 Å². The molecule has 0 spiro atoms. The lowest BCUT2D eigenvalue weighted by Gasteiger charge is -2.35. The van der Waals surface area contributed by atoms with E-state index >= 15 is 0 Å². The van der Waals surface area contributed by atoms with Crippen molar-refractivity contribution >= 4 is 23.5 Å². The monoisotopic (exact) mass is 437 g/mol. The van der Waals surface area contributed by atoms with Crippen LogP contribution in [0.4, 0.5) is 5.82 Å². The maximum Gasteiger partial charge on any atom is 0.318 e. The summed E-state index contributed by atoms with van der Waals surface area (Å²) in [5.41, 5.74) is 1.57. The van der Waals surface area contributed by atoms with Crippen molar-refractivity contribution in [1.82, 2.24) is 20.2 Å². The van der Waals surface area contributed by atoms with Crippen LogP contribution in [-0.4, -0.2) is 56.1 Å². The molecular formula is C22H23N5O5. The molecule has 2 fully saturated rings. The second-order valence-electron chi connectivity index (χ2n) is 8.27. The predicted molar refractivity (Wildman–Crippen MR) is 112 cm³/mol. The van der Waals surface area contributed by atoms with Crippen molar-refractivity contribution in [3.05, 3.63) is 47.2 Å². The van der Waals surface area contributed by atoms with Crippen molar-refractivity contribution in [1.29, 1.82) is 0 Å². The Morgan fingerprint density at radius 2 is 2.06 bits per heavy atom. The fraction of sp³-hybridized carbons (Fsp3) is 0.409. The van der Waals surface area contributed by atoms with Crippen molar-refractivity contribution in [3.63, 3.8) is 0 Å². The largest absolute Gasteiger partial charge is 0.460 e. The van der Waals surface area contributed by atoms with Gasteiger partial charge in [0, 0.05) is 30.3 Å². The summed E-state index contributed by atoms with van der Waals surface area (Å²) in [6.45, 7) is 0.264. The van der Waals surface area contributed by atoms with Gasteiger partial charge < -0.3 is 25.4 Å². The molecule has 166 valence electrons. The summed E-state index contributed by atoms with van der Waals surface area (Å²) in [6.07, 6.45) is 4.29. The van der Waals surface area contributed by atoms with Crippen molar-refractivity contribution in [2.75, 3.05) is 5.32 Å². The van der Waals surface area contributed by atoms with Crippen LogP contribution in [0.2, 0.25) is 0 Å². The van der Waals surface area contributed by atoms with Crippen LogP contribution < -0.4 is 15.4 Å². The third-order valence-electron chi connectivity index (χ3n) is 6.14. The first-order chi connectivity index (χ1) is 15.5. The number of aliphatic hydroxyl groups is 1. The van der Waals surface area contributed by atoms with Crippen molar-refractivity contribution in [2.45, 2.75) is 57.0 Å². The molecule has 1 aromatic heterocycles. The van der Waals surface area contributed by atoms with Crippen LogP contribution in [0.5, 0.6) is 6.01 Å². The van der Waals surface area contributed by atoms with E-state index in [2.05, 4.69) is 20.6 Å². The molecule has 1 saturated carbocycles. The van der Waals surface area contributed by atoms with Gasteiger partial charge in [-0.2, -0.15) is 4.98 Å². The Labute approximate surface area is 184 Å². The first-order valence-corrected chi connectivity index (χ1v) is 10.7. The average Bonchev–Trinajstić information content (AvgIpc) is 3.07. The van der Waals surface area contributed by atoms with Gasteiger partial charge in [0.1, 0.15) is 18.1 Å². The molecule has 2 aliphatic heterocycles. The van der Waals surface area contributed by atoms with Crippen molar-refractivity contribution < 1.29 is 24.2 Å². The van der Waals surface area contributed by atoms with Crippen LogP contribution in [0.1, 0.15) is 58.4 Å². The van der Waals surface area contributed by atoms with Crippen LogP contribution >= 0.6 is 0 Å². The number of hydrogen-bond acceptors (Lipinski definition) is 7. The van der Waals surface area contributed by atoms with E-state index in [-0.39, 0.29) is 42.8 Å². The first kappa shape index (κ1) is 20.4. The molecule has 2 unspecified atom stereocenters. The number of carbonyl (C=O) groups excluding carboxylic acids is 3. The molecule has 3 amide bonds. The number of nitrogens with zero attached hydrogens (tertiary/aromatic N) is 3. The van der Waals surface area contributed by atoms with Crippen molar-refractivity contribution in [2.24, 2.45) is 0 Å². The highest BCUT2D eigenvalue weighted by atomic mass is 16.5. The number of ether oxygens (including phenoxy) is 1. The SMILES string of the molecule is O=C1CCC(N2Cc3cc(C(=O)Nc4ccnc(OC5CCC5)n4)ccc3C2=O)C(O)N1. The van der Waals surface area contributed by atoms with E-state index in [0.717, 1.165) is 19.3 Å². The summed E-state index contributed by atoms with van der Waals surface area (Å²) in [6, 6.07) is 6.19. The number of aliphatic hydroxyl groups excluding tert-OH is 1. The number of anilines is 1. The van der Waals surface area contributed by atoms with Crippen LogP contribution in [0, 0.1) is 0 Å². The highest BCUT2D eigenvalue weighted by molar-refractivity contribution is 6.06. The zero-order valence-electron chi connectivity index (χ0n) is 17.3. The Morgan fingerprint density at radius 1 is 1.22 bits per heavy atom. The standard InChI is InChI=1S/C22H23N5O5/c28-18-7-6-16(20(30)26-18)27-11-13-10-12(4-5-15(13)21(27)31)19(29)24-17-8-9-23-22(25-17)32-14-2-1-3-14/h4-5,8-10,14,16,20,30H,1-3,6-7,11H2,(H,26,28)(H,23,24,25,29). The average molecular weight is 437 g/mol. The Hall–Kier alpha value is -3.53. The van der Waals surface area contributed by atoms with E-state index in [1.54, 1.807) is 29.2 Å². The molecule has 3 aliphatic rings. The fourth-order valence-electron chi connectivity index (χ4n) is 4.14.